The topological polar surface area (TPSA) is 60.8 Å². The van der Waals surface area contributed by atoms with Crippen LogP contribution in [0, 0.1) is 6.92 Å². The number of fused-ring (bicyclic) bond motifs is 1. The zero-order valence-electron chi connectivity index (χ0n) is 24.6. The van der Waals surface area contributed by atoms with E-state index in [1.54, 1.807) is 0 Å². The SMILES string of the molecule is Cc1cccc(C(CCNC2CCC(N)CC2)c2cn(C3CCCCC3)c3ccc(-c4ccnn4C)cc23)c1.Cl.Cl. The second-order valence-corrected chi connectivity index (χ2v) is 12.2. The maximum absolute atomic E-state index is 6.18. The van der Waals surface area contributed by atoms with Gasteiger partial charge in [0.1, 0.15) is 0 Å². The Labute approximate surface area is 258 Å². The van der Waals surface area contributed by atoms with Crippen LogP contribution in [0.25, 0.3) is 22.2 Å². The van der Waals surface area contributed by atoms with Crippen molar-refractivity contribution in [3.8, 4) is 11.3 Å². The quantitative estimate of drug-likeness (QED) is 0.216. The van der Waals surface area contributed by atoms with Crippen molar-refractivity contribution in [2.24, 2.45) is 12.8 Å². The highest BCUT2D eigenvalue weighted by molar-refractivity contribution is 5.89. The van der Waals surface area contributed by atoms with Crippen LogP contribution in [-0.2, 0) is 7.05 Å². The number of halogens is 2. The third kappa shape index (κ3) is 7.02. The van der Waals surface area contributed by atoms with Gasteiger partial charge < -0.3 is 15.6 Å². The van der Waals surface area contributed by atoms with Gasteiger partial charge in [-0.05, 0) is 87.7 Å². The molecule has 2 aromatic carbocycles. The molecule has 2 aliphatic rings. The van der Waals surface area contributed by atoms with Crippen molar-refractivity contribution in [2.45, 2.75) is 95.2 Å². The van der Waals surface area contributed by atoms with Gasteiger partial charge in [0.05, 0.1) is 5.69 Å². The first-order chi connectivity index (χ1) is 19.1. The van der Waals surface area contributed by atoms with Crippen LogP contribution in [0.5, 0.6) is 0 Å². The Morgan fingerprint density at radius 1 is 0.951 bits per heavy atom. The van der Waals surface area contributed by atoms with Gasteiger partial charge in [-0.25, -0.2) is 0 Å². The second kappa shape index (κ2) is 14.2. The van der Waals surface area contributed by atoms with E-state index in [9.17, 15) is 0 Å². The summed E-state index contributed by atoms with van der Waals surface area (Å²) in [6.07, 6.45) is 16.8. The van der Waals surface area contributed by atoms with Gasteiger partial charge >= 0.3 is 0 Å². The van der Waals surface area contributed by atoms with Crippen LogP contribution in [0.4, 0.5) is 0 Å². The predicted molar refractivity (Wildman–Crippen MR) is 177 cm³/mol. The van der Waals surface area contributed by atoms with Crippen molar-refractivity contribution in [1.29, 1.82) is 0 Å². The van der Waals surface area contributed by atoms with Gasteiger partial charge in [0.2, 0.25) is 0 Å². The molecule has 2 heterocycles. The Morgan fingerprint density at radius 2 is 1.73 bits per heavy atom. The van der Waals surface area contributed by atoms with Crippen LogP contribution >= 0.6 is 24.8 Å². The van der Waals surface area contributed by atoms with Crippen molar-refractivity contribution in [3.05, 3.63) is 77.6 Å². The van der Waals surface area contributed by atoms with Gasteiger partial charge in [0.15, 0.2) is 0 Å². The van der Waals surface area contributed by atoms with Gasteiger partial charge in [-0.1, -0.05) is 55.2 Å². The molecular formula is C34H47Cl2N5. The number of nitrogens with two attached hydrogens (primary N) is 1. The molecule has 0 spiro atoms. The van der Waals surface area contributed by atoms with Crippen LogP contribution in [0.1, 0.15) is 92.9 Å². The summed E-state index contributed by atoms with van der Waals surface area (Å²) in [6.45, 7) is 3.24. The van der Waals surface area contributed by atoms with Crippen molar-refractivity contribution in [2.75, 3.05) is 6.54 Å². The first-order valence-electron chi connectivity index (χ1n) is 15.2. The number of rotatable bonds is 8. The van der Waals surface area contributed by atoms with E-state index >= 15 is 0 Å². The van der Waals surface area contributed by atoms with Crippen LogP contribution in [0.3, 0.4) is 0 Å². The average Bonchev–Trinajstić information content (AvgIpc) is 3.56. The van der Waals surface area contributed by atoms with Crippen molar-refractivity contribution in [1.82, 2.24) is 19.7 Å². The fraction of sp³-hybridized carbons (Fsp3) is 0.500. The maximum Gasteiger partial charge on any atom is 0.0679 e. The highest BCUT2D eigenvalue weighted by atomic mass is 35.5. The van der Waals surface area contributed by atoms with Gasteiger partial charge in [-0.15, -0.1) is 24.8 Å². The molecule has 2 fully saturated rings. The Balaban J connectivity index is 0.00000194. The second-order valence-electron chi connectivity index (χ2n) is 12.2. The van der Waals surface area contributed by atoms with Gasteiger partial charge in [-0.2, -0.15) is 5.10 Å². The summed E-state index contributed by atoms with van der Waals surface area (Å²) in [5, 5.41) is 9.76. The van der Waals surface area contributed by atoms with Gasteiger partial charge in [-0.3, -0.25) is 4.68 Å². The van der Waals surface area contributed by atoms with E-state index in [-0.39, 0.29) is 24.8 Å². The third-order valence-electron chi connectivity index (χ3n) is 9.41. The minimum Gasteiger partial charge on any atom is -0.344 e. The molecule has 5 nitrogen and oxygen atoms in total. The van der Waals surface area contributed by atoms with E-state index in [0.717, 1.165) is 31.5 Å². The molecule has 222 valence electrons. The van der Waals surface area contributed by atoms with E-state index in [1.165, 1.54) is 78.1 Å². The molecule has 7 heteroatoms. The van der Waals surface area contributed by atoms with Gasteiger partial charge in [0.25, 0.3) is 0 Å². The summed E-state index contributed by atoms with van der Waals surface area (Å²) in [4.78, 5) is 0. The molecule has 2 aromatic heterocycles. The maximum atomic E-state index is 6.18. The molecule has 0 amide bonds. The van der Waals surface area contributed by atoms with E-state index in [2.05, 4.69) is 76.6 Å². The number of hydrogen-bond donors (Lipinski definition) is 2. The number of nitrogens with one attached hydrogen (secondary N) is 1. The lowest BCUT2D eigenvalue weighted by atomic mass is 9.86. The molecule has 3 N–H and O–H groups in total. The fourth-order valence-corrected chi connectivity index (χ4v) is 7.18. The zero-order valence-corrected chi connectivity index (χ0v) is 26.2. The van der Waals surface area contributed by atoms with Crippen LogP contribution in [0.2, 0.25) is 0 Å². The summed E-state index contributed by atoms with van der Waals surface area (Å²) in [5.41, 5.74) is 14.2. The molecule has 2 saturated carbocycles. The summed E-state index contributed by atoms with van der Waals surface area (Å²) in [7, 11) is 2.03. The molecule has 0 aliphatic heterocycles. The largest absolute Gasteiger partial charge is 0.344 e. The smallest absolute Gasteiger partial charge is 0.0679 e. The molecule has 41 heavy (non-hydrogen) atoms. The lowest BCUT2D eigenvalue weighted by Crippen LogP contribution is -2.38. The highest BCUT2D eigenvalue weighted by Crippen LogP contribution is 2.40. The molecule has 1 unspecified atom stereocenters. The molecule has 1 atom stereocenters. The zero-order chi connectivity index (χ0) is 26.8. The Hall–Kier alpha value is -2.31. The normalized spacial score (nSPS) is 20.4. The van der Waals surface area contributed by atoms with Crippen molar-refractivity contribution < 1.29 is 0 Å². The Bertz CT molecular complexity index is 1400. The van der Waals surface area contributed by atoms with E-state index in [1.807, 2.05) is 17.9 Å². The summed E-state index contributed by atoms with van der Waals surface area (Å²) in [5.74, 6) is 0.345. The predicted octanol–water partition coefficient (Wildman–Crippen LogP) is 8.08. The molecule has 0 bridgehead atoms. The Kier molecular flexibility index (Phi) is 11.0. The Morgan fingerprint density at radius 3 is 2.44 bits per heavy atom. The minimum atomic E-state index is 0. The van der Waals surface area contributed by atoms with E-state index in [0.29, 0.717) is 24.0 Å². The molecule has 4 aromatic rings. The monoisotopic (exact) mass is 595 g/mol. The number of aromatic nitrogens is 3. The van der Waals surface area contributed by atoms with E-state index < -0.39 is 0 Å². The minimum absolute atomic E-state index is 0. The molecule has 0 radical (unpaired) electrons. The van der Waals surface area contributed by atoms with Crippen molar-refractivity contribution in [3.63, 3.8) is 0 Å². The van der Waals surface area contributed by atoms with Crippen LogP contribution in [-0.4, -0.2) is 33.0 Å². The number of hydrogen-bond acceptors (Lipinski definition) is 3. The average molecular weight is 597 g/mol. The summed E-state index contributed by atoms with van der Waals surface area (Å²) in [6, 6.07) is 20.0. The van der Waals surface area contributed by atoms with Crippen LogP contribution < -0.4 is 11.1 Å². The lowest BCUT2D eigenvalue weighted by Gasteiger charge is -2.28. The third-order valence-corrected chi connectivity index (χ3v) is 9.41. The standard InChI is InChI=1S/C34H45N5.2ClH/c1-24-7-6-8-25(21-24)30(17-19-36-28-14-12-27(35)13-15-28)32-23-39(29-9-4-3-5-10-29)34-16-11-26(22-31(32)34)33-18-20-37-38(33)2;;/h6-8,11,16,18,20-23,27-30,36H,3-5,9-10,12-15,17,19,35H2,1-2H3;2*1H. The molecule has 6 rings (SSSR count). The first-order valence-corrected chi connectivity index (χ1v) is 15.2. The lowest BCUT2D eigenvalue weighted by molar-refractivity contribution is 0.340. The summed E-state index contributed by atoms with van der Waals surface area (Å²) < 4.78 is 4.62. The number of benzene rings is 2. The first kappa shape index (κ1) is 31.6. The van der Waals surface area contributed by atoms with Crippen LogP contribution in [0.15, 0.2) is 60.9 Å². The van der Waals surface area contributed by atoms with E-state index in [4.69, 9.17) is 5.73 Å². The molecule has 0 saturated heterocycles. The van der Waals surface area contributed by atoms with Crippen molar-refractivity contribution >= 4 is 35.7 Å². The summed E-state index contributed by atoms with van der Waals surface area (Å²) >= 11 is 0. The fourth-order valence-electron chi connectivity index (χ4n) is 7.18. The van der Waals surface area contributed by atoms with Gasteiger partial charge in [0, 0.05) is 60.0 Å². The number of aryl methyl sites for hydroxylation is 2. The highest BCUT2D eigenvalue weighted by Gasteiger charge is 2.25. The molecule has 2 aliphatic carbocycles. The molecular weight excluding hydrogens is 549 g/mol. The number of nitrogens with zero attached hydrogens (tertiary/aromatic N) is 3.